The van der Waals surface area contributed by atoms with Crippen molar-refractivity contribution in [1.29, 1.82) is 0 Å². The van der Waals surface area contributed by atoms with E-state index in [4.69, 9.17) is 5.14 Å². The molecule has 0 aliphatic rings. The number of rotatable bonds is 2. The average Bonchev–Trinajstić information content (AvgIpc) is 2.81. The summed E-state index contributed by atoms with van der Waals surface area (Å²) >= 11 is 0. The standard InChI is InChI=1S/C13H10FN3O2S/c14-9-3-1-8(2-4-9)13-16-11-6-5-10(20(15,18)19)7-12(11)17-13/h1-7H,(H,16,17)(H2,15,18,19). The van der Waals surface area contributed by atoms with E-state index in [0.29, 0.717) is 22.4 Å². The Labute approximate surface area is 114 Å². The van der Waals surface area contributed by atoms with Crippen LogP contribution in [0.15, 0.2) is 47.4 Å². The minimum Gasteiger partial charge on any atom is -0.338 e. The van der Waals surface area contributed by atoms with E-state index in [-0.39, 0.29) is 10.7 Å². The Kier molecular flexibility index (Phi) is 2.81. The van der Waals surface area contributed by atoms with Gasteiger partial charge in [0.2, 0.25) is 10.0 Å². The molecule has 0 amide bonds. The van der Waals surface area contributed by atoms with Crippen molar-refractivity contribution in [2.45, 2.75) is 4.90 Å². The van der Waals surface area contributed by atoms with Gasteiger partial charge in [-0.15, -0.1) is 0 Å². The van der Waals surface area contributed by atoms with Gasteiger partial charge in [-0.2, -0.15) is 0 Å². The average molecular weight is 291 g/mol. The zero-order chi connectivity index (χ0) is 14.3. The van der Waals surface area contributed by atoms with Crippen LogP contribution in [0.2, 0.25) is 0 Å². The summed E-state index contributed by atoms with van der Waals surface area (Å²) in [5.41, 5.74) is 1.87. The van der Waals surface area contributed by atoms with Crippen molar-refractivity contribution in [1.82, 2.24) is 9.97 Å². The molecule has 0 saturated carbocycles. The van der Waals surface area contributed by atoms with Gasteiger partial charge >= 0.3 is 0 Å². The minimum absolute atomic E-state index is 0.0132. The third-order valence-electron chi connectivity index (χ3n) is 2.90. The van der Waals surface area contributed by atoms with Gasteiger partial charge in [0, 0.05) is 5.56 Å². The molecule has 3 N–H and O–H groups in total. The van der Waals surface area contributed by atoms with Gasteiger partial charge in [-0.3, -0.25) is 0 Å². The summed E-state index contributed by atoms with van der Waals surface area (Å²) in [6.07, 6.45) is 0. The first-order valence-electron chi connectivity index (χ1n) is 5.72. The molecule has 1 aromatic heterocycles. The number of H-pyrrole nitrogens is 1. The minimum atomic E-state index is -3.75. The molecule has 0 fully saturated rings. The van der Waals surface area contributed by atoms with Crippen LogP contribution in [0.25, 0.3) is 22.4 Å². The van der Waals surface area contributed by atoms with Crippen LogP contribution in [-0.2, 0) is 10.0 Å². The van der Waals surface area contributed by atoms with E-state index in [1.165, 1.54) is 24.3 Å². The molecule has 3 rings (SSSR count). The van der Waals surface area contributed by atoms with Gasteiger partial charge < -0.3 is 4.98 Å². The summed E-state index contributed by atoms with van der Waals surface area (Å²) in [6, 6.07) is 10.2. The van der Waals surface area contributed by atoms with E-state index in [1.807, 2.05) is 0 Å². The zero-order valence-electron chi connectivity index (χ0n) is 10.2. The van der Waals surface area contributed by atoms with Crippen molar-refractivity contribution in [3.05, 3.63) is 48.3 Å². The SMILES string of the molecule is NS(=O)(=O)c1ccc2nc(-c3ccc(F)cc3)[nH]c2c1. The van der Waals surface area contributed by atoms with Crippen LogP contribution >= 0.6 is 0 Å². The smallest absolute Gasteiger partial charge is 0.238 e. The van der Waals surface area contributed by atoms with Gasteiger partial charge in [-0.1, -0.05) is 0 Å². The molecule has 0 saturated heterocycles. The first-order chi connectivity index (χ1) is 9.43. The lowest BCUT2D eigenvalue weighted by Gasteiger charge is -1.96. The maximum absolute atomic E-state index is 12.9. The fraction of sp³-hybridized carbons (Fsp3) is 0. The fourth-order valence-corrected chi connectivity index (χ4v) is 2.45. The number of primary sulfonamides is 1. The zero-order valence-corrected chi connectivity index (χ0v) is 11.0. The number of nitrogens with two attached hydrogens (primary N) is 1. The number of nitrogens with zero attached hydrogens (tertiary/aromatic N) is 1. The highest BCUT2D eigenvalue weighted by Crippen LogP contribution is 2.22. The molecule has 0 aliphatic heterocycles. The van der Waals surface area contributed by atoms with E-state index in [2.05, 4.69) is 9.97 Å². The van der Waals surface area contributed by atoms with Crippen LogP contribution in [0.1, 0.15) is 0 Å². The van der Waals surface area contributed by atoms with E-state index in [0.717, 1.165) is 0 Å². The van der Waals surface area contributed by atoms with Gasteiger partial charge in [0.25, 0.3) is 0 Å². The second-order valence-corrected chi connectivity index (χ2v) is 5.88. The van der Waals surface area contributed by atoms with Crippen LogP contribution in [0.3, 0.4) is 0 Å². The highest BCUT2D eigenvalue weighted by atomic mass is 32.2. The molecule has 3 aromatic rings. The molecule has 0 bridgehead atoms. The Morgan fingerprint density at radius 1 is 1.10 bits per heavy atom. The van der Waals surface area contributed by atoms with Crippen LogP contribution < -0.4 is 5.14 Å². The molecule has 20 heavy (non-hydrogen) atoms. The predicted molar refractivity (Wildman–Crippen MR) is 72.9 cm³/mol. The fourth-order valence-electron chi connectivity index (χ4n) is 1.91. The second kappa shape index (κ2) is 4.39. The Bertz CT molecular complexity index is 886. The van der Waals surface area contributed by atoms with Crippen molar-refractivity contribution in [2.75, 3.05) is 0 Å². The number of sulfonamides is 1. The normalized spacial score (nSPS) is 11.9. The molecule has 0 radical (unpaired) electrons. The van der Waals surface area contributed by atoms with Gasteiger partial charge in [0.1, 0.15) is 11.6 Å². The molecule has 0 atom stereocenters. The molecule has 0 spiro atoms. The topological polar surface area (TPSA) is 88.8 Å². The van der Waals surface area contributed by atoms with Crippen molar-refractivity contribution < 1.29 is 12.8 Å². The molecule has 5 nitrogen and oxygen atoms in total. The highest BCUT2D eigenvalue weighted by Gasteiger charge is 2.11. The Morgan fingerprint density at radius 3 is 2.45 bits per heavy atom. The molecule has 2 aromatic carbocycles. The Hall–Kier alpha value is -2.25. The first-order valence-corrected chi connectivity index (χ1v) is 7.27. The van der Waals surface area contributed by atoms with Crippen molar-refractivity contribution in [3.63, 3.8) is 0 Å². The molecular formula is C13H10FN3O2S. The van der Waals surface area contributed by atoms with Gasteiger partial charge in [0.15, 0.2) is 0 Å². The number of benzene rings is 2. The molecule has 7 heteroatoms. The first kappa shape index (κ1) is 12.8. The maximum Gasteiger partial charge on any atom is 0.238 e. The molecule has 102 valence electrons. The number of hydrogen-bond acceptors (Lipinski definition) is 3. The lowest BCUT2D eigenvalue weighted by atomic mass is 10.2. The summed E-state index contributed by atoms with van der Waals surface area (Å²) < 4.78 is 35.5. The van der Waals surface area contributed by atoms with E-state index in [1.54, 1.807) is 18.2 Å². The molecule has 1 heterocycles. The summed E-state index contributed by atoms with van der Waals surface area (Å²) in [6.45, 7) is 0. The Morgan fingerprint density at radius 2 is 1.80 bits per heavy atom. The number of halogens is 1. The van der Waals surface area contributed by atoms with Crippen LogP contribution in [0.5, 0.6) is 0 Å². The summed E-state index contributed by atoms with van der Waals surface area (Å²) in [4.78, 5) is 7.33. The van der Waals surface area contributed by atoms with E-state index >= 15 is 0 Å². The van der Waals surface area contributed by atoms with Gasteiger partial charge in [-0.05, 0) is 42.5 Å². The molecule has 0 aliphatic carbocycles. The van der Waals surface area contributed by atoms with Crippen molar-refractivity contribution in [3.8, 4) is 11.4 Å². The van der Waals surface area contributed by atoms with Gasteiger partial charge in [0.05, 0.1) is 15.9 Å². The van der Waals surface area contributed by atoms with Crippen molar-refractivity contribution >= 4 is 21.1 Å². The Balaban J connectivity index is 2.13. The second-order valence-electron chi connectivity index (χ2n) is 4.32. The maximum atomic E-state index is 12.9. The van der Waals surface area contributed by atoms with Crippen LogP contribution in [0.4, 0.5) is 4.39 Å². The number of aromatic nitrogens is 2. The molecule has 0 unspecified atom stereocenters. The number of fused-ring (bicyclic) bond motifs is 1. The lowest BCUT2D eigenvalue weighted by Crippen LogP contribution is -2.11. The van der Waals surface area contributed by atoms with E-state index in [9.17, 15) is 12.8 Å². The monoisotopic (exact) mass is 291 g/mol. The van der Waals surface area contributed by atoms with Crippen molar-refractivity contribution in [2.24, 2.45) is 5.14 Å². The van der Waals surface area contributed by atoms with Gasteiger partial charge in [-0.25, -0.2) is 22.9 Å². The number of imidazole rings is 1. The third kappa shape index (κ3) is 2.28. The highest BCUT2D eigenvalue weighted by molar-refractivity contribution is 7.89. The largest absolute Gasteiger partial charge is 0.338 e. The number of hydrogen-bond donors (Lipinski definition) is 2. The lowest BCUT2D eigenvalue weighted by molar-refractivity contribution is 0.598. The summed E-state index contributed by atoms with van der Waals surface area (Å²) in [7, 11) is -3.75. The quantitative estimate of drug-likeness (QED) is 0.757. The number of nitrogens with one attached hydrogen (secondary N) is 1. The summed E-state index contributed by atoms with van der Waals surface area (Å²) in [5, 5.41) is 5.08. The molecular weight excluding hydrogens is 281 g/mol. The van der Waals surface area contributed by atoms with Crippen LogP contribution in [-0.4, -0.2) is 18.4 Å². The van der Waals surface area contributed by atoms with Crippen LogP contribution in [0, 0.1) is 5.82 Å². The third-order valence-corrected chi connectivity index (χ3v) is 3.81. The number of aromatic amines is 1. The summed E-state index contributed by atoms with van der Waals surface area (Å²) in [5.74, 6) is 0.202. The predicted octanol–water partition coefficient (Wildman–Crippen LogP) is 2.02. The van der Waals surface area contributed by atoms with E-state index < -0.39 is 10.0 Å².